The maximum Gasteiger partial charge on any atom is 0.266 e. The van der Waals surface area contributed by atoms with E-state index >= 15 is 0 Å². The van der Waals surface area contributed by atoms with Crippen molar-refractivity contribution in [2.24, 2.45) is 0 Å². The summed E-state index contributed by atoms with van der Waals surface area (Å²) in [6.07, 6.45) is 6.38. The molecule has 1 N–H and O–H groups in total. The van der Waals surface area contributed by atoms with Gasteiger partial charge in [0.05, 0.1) is 4.91 Å². The number of aromatic nitrogens is 1. The summed E-state index contributed by atoms with van der Waals surface area (Å²) in [4.78, 5) is 31.0. The van der Waals surface area contributed by atoms with Crippen LogP contribution in [0.4, 0.5) is 5.82 Å². The van der Waals surface area contributed by atoms with Gasteiger partial charge in [-0.3, -0.25) is 14.5 Å². The van der Waals surface area contributed by atoms with Crippen molar-refractivity contribution in [3.63, 3.8) is 0 Å². The third-order valence-corrected chi connectivity index (χ3v) is 5.84. The van der Waals surface area contributed by atoms with Gasteiger partial charge in [0.2, 0.25) is 5.91 Å². The highest BCUT2D eigenvalue weighted by molar-refractivity contribution is 8.26. The molecule has 1 aliphatic rings. The van der Waals surface area contributed by atoms with Gasteiger partial charge in [0, 0.05) is 19.2 Å². The highest BCUT2D eigenvalue weighted by Crippen LogP contribution is 2.32. The van der Waals surface area contributed by atoms with Gasteiger partial charge in [-0.1, -0.05) is 66.3 Å². The molecule has 0 radical (unpaired) electrons. The lowest BCUT2D eigenvalue weighted by Crippen LogP contribution is -2.29. The van der Waals surface area contributed by atoms with Gasteiger partial charge < -0.3 is 5.32 Å². The predicted molar refractivity (Wildman–Crippen MR) is 122 cm³/mol. The fourth-order valence-corrected chi connectivity index (χ4v) is 4.19. The number of amides is 2. The van der Waals surface area contributed by atoms with Crippen LogP contribution in [-0.4, -0.2) is 32.6 Å². The van der Waals surface area contributed by atoms with Crippen LogP contribution in [0.25, 0.3) is 6.08 Å². The standard InChI is InChI=1S/C22H23N3O2S2/c1-16-9-11-17(12-10-16)15-18-21(27)25(22(28)29-18)14-6-2-3-8-20(26)24-19-7-4-5-13-23-19/h4-5,7,9-13,15H,2-3,6,8,14H2,1H3,(H,23,24,26)/b18-15-. The number of carbonyl (C=O) groups is 2. The van der Waals surface area contributed by atoms with Crippen LogP contribution in [0.3, 0.4) is 0 Å². The Bertz CT molecular complexity index is 911. The van der Waals surface area contributed by atoms with Crippen molar-refractivity contribution in [1.82, 2.24) is 9.88 Å². The topological polar surface area (TPSA) is 62.3 Å². The second-order valence-corrected chi connectivity index (χ2v) is 8.49. The van der Waals surface area contributed by atoms with Gasteiger partial charge in [0.25, 0.3) is 5.91 Å². The zero-order chi connectivity index (χ0) is 20.6. The van der Waals surface area contributed by atoms with E-state index in [9.17, 15) is 9.59 Å². The Balaban J connectivity index is 1.41. The van der Waals surface area contributed by atoms with E-state index < -0.39 is 0 Å². The number of unbranched alkanes of at least 4 members (excludes halogenated alkanes) is 2. The number of benzene rings is 1. The minimum atomic E-state index is -0.0460. The van der Waals surface area contributed by atoms with E-state index in [1.54, 1.807) is 23.2 Å². The smallest absolute Gasteiger partial charge is 0.266 e. The molecule has 7 heteroatoms. The number of carbonyl (C=O) groups excluding carboxylic acids is 2. The third-order valence-electron chi connectivity index (χ3n) is 4.47. The van der Waals surface area contributed by atoms with Crippen LogP contribution >= 0.6 is 24.0 Å². The summed E-state index contributed by atoms with van der Waals surface area (Å²) >= 11 is 6.73. The van der Waals surface area contributed by atoms with E-state index in [0.29, 0.717) is 28.0 Å². The minimum absolute atomic E-state index is 0.0338. The molecule has 1 aromatic carbocycles. The van der Waals surface area contributed by atoms with E-state index in [1.807, 2.05) is 43.3 Å². The van der Waals surface area contributed by atoms with Crippen LogP contribution in [0.1, 0.15) is 36.8 Å². The Morgan fingerprint density at radius 2 is 1.97 bits per heavy atom. The molecule has 0 saturated carbocycles. The number of hydrogen-bond donors (Lipinski definition) is 1. The number of thioether (sulfide) groups is 1. The number of anilines is 1. The zero-order valence-electron chi connectivity index (χ0n) is 16.3. The maximum atomic E-state index is 12.6. The monoisotopic (exact) mass is 425 g/mol. The van der Waals surface area contributed by atoms with Crippen molar-refractivity contribution < 1.29 is 9.59 Å². The van der Waals surface area contributed by atoms with Crippen molar-refractivity contribution in [2.45, 2.75) is 32.6 Å². The highest BCUT2D eigenvalue weighted by Gasteiger charge is 2.31. The van der Waals surface area contributed by atoms with Crippen LogP contribution in [0.15, 0.2) is 53.6 Å². The van der Waals surface area contributed by atoms with Crippen molar-refractivity contribution in [1.29, 1.82) is 0 Å². The molecule has 1 aliphatic heterocycles. The van der Waals surface area contributed by atoms with Gasteiger partial charge in [0.1, 0.15) is 10.1 Å². The number of nitrogens with zero attached hydrogens (tertiary/aromatic N) is 2. The second-order valence-electron chi connectivity index (χ2n) is 6.82. The lowest BCUT2D eigenvalue weighted by Gasteiger charge is -2.14. The first-order valence-corrected chi connectivity index (χ1v) is 10.8. The predicted octanol–water partition coefficient (Wildman–Crippen LogP) is 4.79. The number of pyridine rings is 1. The summed E-state index contributed by atoms with van der Waals surface area (Å²) in [6.45, 7) is 2.61. The first-order chi connectivity index (χ1) is 14.0. The van der Waals surface area contributed by atoms with E-state index in [-0.39, 0.29) is 11.8 Å². The van der Waals surface area contributed by atoms with Crippen molar-refractivity contribution in [3.05, 3.63) is 64.7 Å². The number of aryl methyl sites for hydroxylation is 1. The van der Waals surface area contributed by atoms with Gasteiger partial charge >= 0.3 is 0 Å². The van der Waals surface area contributed by atoms with Crippen LogP contribution < -0.4 is 5.32 Å². The average molecular weight is 426 g/mol. The fraction of sp³-hybridized carbons (Fsp3) is 0.273. The van der Waals surface area contributed by atoms with E-state index in [0.717, 1.165) is 24.8 Å². The van der Waals surface area contributed by atoms with Crippen molar-refractivity contribution >= 4 is 52.0 Å². The quantitative estimate of drug-likeness (QED) is 0.374. The van der Waals surface area contributed by atoms with Gasteiger partial charge in [-0.25, -0.2) is 4.98 Å². The van der Waals surface area contributed by atoms with Crippen LogP contribution in [0, 0.1) is 6.92 Å². The van der Waals surface area contributed by atoms with Gasteiger partial charge in [-0.05, 0) is 43.5 Å². The van der Waals surface area contributed by atoms with Crippen LogP contribution in [0.5, 0.6) is 0 Å². The Kier molecular flexibility index (Phi) is 7.55. The van der Waals surface area contributed by atoms with E-state index in [1.165, 1.54) is 17.3 Å². The molecule has 0 unspecified atom stereocenters. The minimum Gasteiger partial charge on any atom is -0.311 e. The first kappa shape index (κ1) is 21.2. The summed E-state index contributed by atoms with van der Waals surface area (Å²) in [6, 6.07) is 13.4. The molecule has 0 aliphatic carbocycles. The molecule has 1 aromatic heterocycles. The Morgan fingerprint density at radius 1 is 1.17 bits per heavy atom. The molecule has 2 heterocycles. The van der Waals surface area contributed by atoms with Gasteiger partial charge in [-0.15, -0.1) is 0 Å². The molecule has 0 spiro atoms. The maximum absolute atomic E-state index is 12.6. The van der Waals surface area contributed by atoms with Crippen LogP contribution in [-0.2, 0) is 9.59 Å². The van der Waals surface area contributed by atoms with Gasteiger partial charge in [0.15, 0.2) is 0 Å². The molecule has 0 atom stereocenters. The number of nitrogens with one attached hydrogen (secondary N) is 1. The lowest BCUT2D eigenvalue weighted by molar-refractivity contribution is -0.122. The summed E-state index contributed by atoms with van der Waals surface area (Å²) < 4.78 is 0.598. The number of rotatable bonds is 8. The number of hydrogen-bond acceptors (Lipinski definition) is 5. The third kappa shape index (κ3) is 6.24. The second kappa shape index (κ2) is 10.3. The molecular weight excluding hydrogens is 402 g/mol. The van der Waals surface area contributed by atoms with Crippen molar-refractivity contribution in [3.8, 4) is 0 Å². The zero-order valence-corrected chi connectivity index (χ0v) is 17.9. The van der Waals surface area contributed by atoms with E-state index in [2.05, 4.69) is 10.3 Å². The normalized spacial score (nSPS) is 15.2. The molecule has 150 valence electrons. The largest absolute Gasteiger partial charge is 0.311 e. The molecule has 1 saturated heterocycles. The fourth-order valence-electron chi connectivity index (χ4n) is 2.88. The number of thiocarbonyl (C=S) groups is 1. The first-order valence-electron chi connectivity index (χ1n) is 9.56. The van der Waals surface area contributed by atoms with Crippen LogP contribution in [0.2, 0.25) is 0 Å². The Morgan fingerprint density at radius 3 is 2.69 bits per heavy atom. The summed E-state index contributed by atoms with van der Waals surface area (Å²) in [5.41, 5.74) is 2.18. The Labute approximate surface area is 180 Å². The molecular formula is C22H23N3O2S2. The van der Waals surface area contributed by atoms with E-state index in [4.69, 9.17) is 12.2 Å². The average Bonchev–Trinajstić information content (AvgIpc) is 2.97. The SMILES string of the molecule is Cc1ccc(/C=C2\SC(=S)N(CCCCCC(=O)Nc3ccccn3)C2=O)cc1. The summed E-state index contributed by atoms with van der Waals surface area (Å²) in [5.74, 6) is 0.485. The molecule has 3 rings (SSSR count). The molecule has 2 aromatic rings. The molecule has 0 bridgehead atoms. The molecule has 2 amide bonds. The molecule has 1 fully saturated rings. The highest BCUT2D eigenvalue weighted by atomic mass is 32.2. The summed E-state index contributed by atoms with van der Waals surface area (Å²) in [5, 5.41) is 2.77. The Hall–Kier alpha value is -2.51. The lowest BCUT2D eigenvalue weighted by atomic mass is 10.1. The summed E-state index contributed by atoms with van der Waals surface area (Å²) in [7, 11) is 0. The molecule has 5 nitrogen and oxygen atoms in total. The molecule has 29 heavy (non-hydrogen) atoms. The van der Waals surface area contributed by atoms with Gasteiger partial charge in [-0.2, -0.15) is 0 Å². The van der Waals surface area contributed by atoms with Crippen molar-refractivity contribution in [2.75, 3.05) is 11.9 Å².